The van der Waals surface area contributed by atoms with Crippen LogP contribution in [0.25, 0.3) is 11.2 Å². The lowest BCUT2D eigenvalue weighted by Gasteiger charge is -2.30. The SMILES string of the molecule is OC1CCN(Cc2ccccc2CNc2ncnc3nc[nH]c23)CC1. The molecule has 1 aromatic carbocycles. The molecule has 1 fully saturated rings. The van der Waals surface area contributed by atoms with Crippen LogP contribution in [0.5, 0.6) is 0 Å². The van der Waals surface area contributed by atoms with Gasteiger partial charge in [-0.05, 0) is 24.0 Å². The van der Waals surface area contributed by atoms with Crippen molar-refractivity contribution in [1.82, 2.24) is 24.8 Å². The minimum Gasteiger partial charge on any atom is -0.393 e. The van der Waals surface area contributed by atoms with E-state index >= 15 is 0 Å². The summed E-state index contributed by atoms with van der Waals surface area (Å²) in [7, 11) is 0. The molecule has 7 heteroatoms. The molecule has 7 nitrogen and oxygen atoms in total. The van der Waals surface area contributed by atoms with Crippen LogP contribution in [-0.2, 0) is 13.1 Å². The van der Waals surface area contributed by atoms with Crippen LogP contribution >= 0.6 is 0 Å². The summed E-state index contributed by atoms with van der Waals surface area (Å²) < 4.78 is 0. The van der Waals surface area contributed by atoms with Gasteiger partial charge in [-0.25, -0.2) is 15.0 Å². The molecular formula is C18H22N6O. The van der Waals surface area contributed by atoms with Gasteiger partial charge in [-0.1, -0.05) is 24.3 Å². The average molecular weight is 338 g/mol. The molecule has 3 N–H and O–H groups in total. The fraction of sp³-hybridized carbons (Fsp3) is 0.389. The summed E-state index contributed by atoms with van der Waals surface area (Å²) >= 11 is 0. The van der Waals surface area contributed by atoms with E-state index in [1.165, 1.54) is 17.5 Å². The highest BCUT2D eigenvalue weighted by Gasteiger charge is 2.17. The number of hydrogen-bond donors (Lipinski definition) is 3. The number of nitrogens with zero attached hydrogens (tertiary/aromatic N) is 4. The van der Waals surface area contributed by atoms with Crippen LogP contribution in [0.3, 0.4) is 0 Å². The predicted molar refractivity (Wildman–Crippen MR) is 96.0 cm³/mol. The third-order valence-electron chi connectivity index (χ3n) is 4.74. The quantitative estimate of drug-likeness (QED) is 0.658. The lowest BCUT2D eigenvalue weighted by atomic mass is 10.0. The van der Waals surface area contributed by atoms with Crippen molar-refractivity contribution in [2.75, 3.05) is 18.4 Å². The first kappa shape index (κ1) is 16.0. The highest BCUT2D eigenvalue weighted by molar-refractivity contribution is 5.81. The molecule has 0 unspecified atom stereocenters. The molecule has 0 atom stereocenters. The standard InChI is InChI=1S/C18H22N6O/c25-15-5-7-24(8-6-15)10-14-4-2-1-3-13(14)9-19-17-16-18(21-11-20-16)23-12-22-17/h1-4,11-12,15,25H,5-10H2,(H2,19,20,21,22,23). The third kappa shape index (κ3) is 3.62. The number of hydrogen-bond acceptors (Lipinski definition) is 6. The lowest BCUT2D eigenvalue weighted by molar-refractivity contribution is 0.0791. The number of imidazole rings is 1. The number of aliphatic hydroxyl groups is 1. The molecule has 25 heavy (non-hydrogen) atoms. The second-order valence-electron chi connectivity index (χ2n) is 6.45. The molecule has 0 bridgehead atoms. The predicted octanol–water partition coefficient (Wildman–Crippen LogP) is 1.92. The van der Waals surface area contributed by atoms with Crippen LogP contribution in [0, 0.1) is 0 Å². The number of rotatable bonds is 5. The van der Waals surface area contributed by atoms with Crippen molar-refractivity contribution in [3.63, 3.8) is 0 Å². The second kappa shape index (κ2) is 7.16. The number of aliphatic hydroxyl groups excluding tert-OH is 1. The van der Waals surface area contributed by atoms with Gasteiger partial charge in [0.15, 0.2) is 11.5 Å². The van der Waals surface area contributed by atoms with E-state index in [1.54, 1.807) is 6.33 Å². The summed E-state index contributed by atoms with van der Waals surface area (Å²) in [6, 6.07) is 8.46. The molecule has 1 aliphatic heterocycles. The minimum absolute atomic E-state index is 0.136. The van der Waals surface area contributed by atoms with E-state index in [0.29, 0.717) is 12.2 Å². The average Bonchev–Trinajstić information content (AvgIpc) is 3.12. The van der Waals surface area contributed by atoms with E-state index < -0.39 is 0 Å². The van der Waals surface area contributed by atoms with Crippen LogP contribution in [0.2, 0.25) is 0 Å². The van der Waals surface area contributed by atoms with Gasteiger partial charge in [0.2, 0.25) is 0 Å². The molecule has 130 valence electrons. The maximum Gasteiger partial charge on any atom is 0.182 e. The van der Waals surface area contributed by atoms with Gasteiger partial charge in [-0.2, -0.15) is 0 Å². The maximum atomic E-state index is 9.67. The number of aromatic amines is 1. The number of H-pyrrole nitrogens is 1. The fourth-order valence-electron chi connectivity index (χ4n) is 3.28. The normalized spacial score (nSPS) is 16.4. The summed E-state index contributed by atoms with van der Waals surface area (Å²) in [5.41, 5.74) is 4.05. The van der Waals surface area contributed by atoms with E-state index in [1.807, 2.05) is 0 Å². The van der Waals surface area contributed by atoms with Crippen molar-refractivity contribution in [2.24, 2.45) is 0 Å². The Morgan fingerprint density at radius 1 is 1.12 bits per heavy atom. The first-order chi connectivity index (χ1) is 12.3. The van der Waals surface area contributed by atoms with Crippen LogP contribution in [0.4, 0.5) is 5.82 Å². The van der Waals surface area contributed by atoms with Crippen LogP contribution in [-0.4, -0.2) is 49.1 Å². The number of benzene rings is 1. The zero-order chi connectivity index (χ0) is 17.1. The van der Waals surface area contributed by atoms with Crippen molar-refractivity contribution < 1.29 is 5.11 Å². The van der Waals surface area contributed by atoms with Gasteiger partial charge in [0.1, 0.15) is 11.8 Å². The van der Waals surface area contributed by atoms with Crippen molar-refractivity contribution >= 4 is 17.0 Å². The van der Waals surface area contributed by atoms with Gasteiger partial charge in [-0.3, -0.25) is 4.90 Å². The molecular weight excluding hydrogens is 316 g/mol. The topological polar surface area (TPSA) is 90.0 Å². The Labute approximate surface area is 146 Å². The smallest absolute Gasteiger partial charge is 0.182 e. The van der Waals surface area contributed by atoms with E-state index in [0.717, 1.165) is 43.8 Å². The van der Waals surface area contributed by atoms with Crippen LogP contribution < -0.4 is 5.32 Å². The molecule has 3 heterocycles. The van der Waals surface area contributed by atoms with Gasteiger partial charge in [-0.15, -0.1) is 0 Å². The summed E-state index contributed by atoms with van der Waals surface area (Å²) in [4.78, 5) is 18.1. The maximum absolute atomic E-state index is 9.67. The van der Waals surface area contributed by atoms with Gasteiger partial charge >= 0.3 is 0 Å². The van der Waals surface area contributed by atoms with Crippen molar-refractivity contribution in [2.45, 2.75) is 32.0 Å². The highest BCUT2D eigenvalue weighted by atomic mass is 16.3. The number of nitrogens with one attached hydrogen (secondary N) is 2. The van der Waals surface area contributed by atoms with Gasteiger partial charge < -0.3 is 15.4 Å². The molecule has 0 amide bonds. The number of aromatic nitrogens is 4. The van der Waals surface area contributed by atoms with Crippen molar-refractivity contribution in [1.29, 1.82) is 0 Å². The molecule has 0 saturated carbocycles. The first-order valence-corrected chi connectivity index (χ1v) is 8.65. The van der Waals surface area contributed by atoms with E-state index in [-0.39, 0.29) is 6.10 Å². The summed E-state index contributed by atoms with van der Waals surface area (Å²) in [5, 5.41) is 13.1. The van der Waals surface area contributed by atoms with Crippen LogP contribution in [0.1, 0.15) is 24.0 Å². The van der Waals surface area contributed by atoms with Gasteiger partial charge in [0.05, 0.1) is 12.4 Å². The first-order valence-electron chi connectivity index (χ1n) is 8.65. The largest absolute Gasteiger partial charge is 0.393 e. The van der Waals surface area contributed by atoms with E-state index in [4.69, 9.17) is 0 Å². The Kier molecular flexibility index (Phi) is 4.58. The molecule has 3 aromatic rings. The Morgan fingerprint density at radius 3 is 2.76 bits per heavy atom. The molecule has 2 aromatic heterocycles. The third-order valence-corrected chi connectivity index (χ3v) is 4.74. The van der Waals surface area contributed by atoms with Gasteiger partial charge in [0, 0.05) is 26.2 Å². The number of fused-ring (bicyclic) bond motifs is 1. The van der Waals surface area contributed by atoms with Gasteiger partial charge in [0.25, 0.3) is 0 Å². The minimum atomic E-state index is -0.136. The van der Waals surface area contributed by atoms with E-state index in [2.05, 4.69) is 54.4 Å². The molecule has 0 radical (unpaired) electrons. The van der Waals surface area contributed by atoms with E-state index in [9.17, 15) is 5.11 Å². The molecule has 0 spiro atoms. The highest BCUT2D eigenvalue weighted by Crippen LogP contribution is 2.19. The summed E-state index contributed by atoms with van der Waals surface area (Å²) in [5.74, 6) is 0.762. The zero-order valence-corrected chi connectivity index (χ0v) is 14.0. The number of piperidine rings is 1. The lowest BCUT2D eigenvalue weighted by Crippen LogP contribution is -2.35. The fourth-order valence-corrected chi connectivity index (χ4v) is 3.28. The Morgan fingerprint density at radius 2 is 1.92 bits per heavy atom. The number of likely N-dealkylation sites (tertiary alicyclic amines) is 1. The Bertz CT molecular complexity index is 840. The monoisotopic (exact) mass is 338 g/mol. The summed E-state index contributed by atoms with van der Waals surface area (Å²) in [6.07, 6.45) is 4.74. The summed E-state index contributed by atoms with van der Waals surface area (Å²) in [6.45, 7) is 3.50. The molecule has 1 saturated heterocycles. The number of anilines is 1. The van der Waals surface area contributed by atoms with Crippen molar-refractivity contribution in [3.8, 4) is 0 Å². The zero-order valence-electron chi connectivity index (χ0n) is 14.0. The molecule has 0 aliphatic carbocycles. The Balaban J connectivity index is 1.46. The van der Waals surface area contributed by atoms with Crippen LogP contribution in [0.15, 0.2) is 36.9 Å². The molecule has 4 rings (SSSR count). The Hall–Kier alpha value is -2.51. The van der Waals surface area contributed by atoms with Crippen molar-refractivity contribution in [3.05, 3.63) is 48.0 Å². The molecule has 1 aliphatic rings. The second-order valence-corrected chi connectivity index (χ2v) is 6.45.